The Bertz CT molecular complexity index is 210. The fraction of sp³-hybridized carbons (Fsp3) is 1.00. The molecule has 17 heavy (non-hydrogen) atoms. The lowest BCUT2D eigenvalue weighted by Crippen LogP contribution is -2.50. The maximum absolute atomic E-state index is 9.79. The number of rotatable bonds is 5. The number of nitrogens with one attached hydrogen (secondary N) is 2. The second-order valence-corrected chi connectivity index (χ2v) is 5.87. The minimum Gasteiger partial charge on any atom is -0.393 e. The first-order valence-electron chi connectivity index (χ1n) is 6.46. The highest BCUT2D eigenvalue weighted by molar-refractivity contribution is 4.74. The van der Waals surface area contributed by atoms with Crippen molar-refractivity contribution >= 4 is 0 Å². The lowest BCUT2D eigenvalue weighted by molar-refractivity contribution is 0.0421. The van der Waals surface area contributed by atoms with Crippen LogP contribution in [-0.2, 0) is 0 Å². The Balaban J connectivity index is 2.09. The largest absolute Gasteiger partial charge is 0.393 e. The van der Waals surface area contributed by atoms with E-state index in [9.17, 15) is 10.2 Å². The molecule has 0 saturated carbocycles. The molecule has 1 saturated heterocycles. The molecular formula is C12H27N3O2. The maximum atomic E-state index is 9.79. The summed E-state index contributed by atoms with van der Waals surface area (Å²) in [5.74, 6) is 0. The maximum Gasteiger partial charge on any atom is 0.0802 e. The molecule has 5 heteroatoms. The van der Waals surface area contributed by atoms with Gasteiger partial charge in [0.1, 0.15) is 0 Å². The van der Waals surface area contributed by atoms with Gasteiger partial charge in [0, 0.05) is 31.7 Å². The Hall–Kier alpha value is -0.200. The highest BCUT2D eigenvalue weighted by Crippen LogP contribution is 2.07. The van der Waals surface area contributed by atoms with Crippen LogP contribution >= 0.6 is 0 Å². The normalized spacial score (nSPS) is 21.7. The summed E-state index contributed by atoms with van der Waals surface area (Å²) >= 11 is 0. The molecule has 1 atom stereocenters. The fourth-order valence-corrected chi connectivity index (χ4v) is 1.75. The average molecular weight is 245 g/mol. The number of piperidine rings is 1. The number of nitrogens with zero attached hydrogens (tertiary/aromatic N) is 1. The van der Waals surface area contributed by atoms with Crippen LogP contribution in [0.5, 0.6) is 0 Å². The van der Waals surface area contributed by atoms with Crippen LogP contribution in [0.4, 0.5) is 0 Å². The summed E-state index contributed by atoms with van der Waals surface area (Å²) in [7, 11) is 0. The third kappa shape index (κ3) is 6.95. The Morgan fingerprint density at radius 3 is 2.35 bits per heavy atom. The minimum atomic E-state index is -0.388. The first-order valence-corrected chi connectivity index (χ1v) is 6.46. The van der Waals surface area contributed by atoms with Crippen LogP contribution in [0.3, 0.4) is 0 Å². The monoisotopic (exact) mass is 245 g/mol. The van der Waals surface area contributed by atoms with Crippen LogP contribution in [0.1, 0.15) is 33.6 Å². The molecule has 0 aliphatic carbocycles. The Kier molecular flexibility index (Phi) is 5.82. The topological polar surface area (TPSA) is 67.8 Å². The van der Waals surface area contributed by atoms with Crippen LogP contribution in [0.15, 0.2) is 0 Å². The second kappa shape index (κ2) is 6.66. The molecule has 0 aromatic carbocycles. The van der Waals surface area contributed by atoms with E-state index < -0.39 is 0 Å². The standard InChI is InChI=1S/C12H27N3O2/c1-12(2,3)13-8-11(17)9-14-15-6-4-10(16)5-7-15/h10-11,13-14,16-17H,4-9H2,1-3H3. The molecule has 0 aromatic heterocycles. The Morgan fingerprint density at radius 2 is 1.82 bits per heavy atom. The van der Waals surface area contributed by atoms with E-state index in [4.69, 9.17) is 0 Å². The summed E-state index contributed by atoms with van der Waals surface area (Å²) < 4.78 is 0. The summed E-state index contributed by atoms with van der Waals surface area (Å²) in [6.07, 6.45) is 1.08. The van der Waals surface area contributed by atoms with Crippen molar-refractivity contribution in [2.24, 2.45) is 0 Å². The van der Waals surface area contributed by atoms with Gasteiger partial charge in [0.2, 0.25) is 0 Å². The molecule has 1 heterocycles. The molecule has 0 bridgehead atoms. The first kappa shape index (κ1) is 14.9. The van der Waals surface area contributed by atoms with E-state index in [1.165, 1.54) is 0 Å². The Labute approximate surface area is 104 Å². The number of hydrogen-bond acceptors (Lipinski definition) is 5. The molecule has 0 aromatic rings. The van der Waals surface area contributed by atoms with Gasteiger partial charge in [-0.1, -0.05) is 0 Å². The van der Waals surface area contributed by atoms with Crippen molar-refractivity contribution in [1.29, 1.82) is 0 Å². The van der Waals surface area contributed by atoms with Crippen LogP contribution in [0.2, 0.25) is 0 Å². The number of β-amino-alcohol motifs (C(OH)–C–C–N with tert-alkyl or cyclic N) is 1. The van der Waals surface area contributed by atoms with Crippen LogP contribution in [0.25, 0.3) is 0 Å². The predicted octanol–water partition coefficient (Wildman–Crippen LogP) is -0.303. The van der Waals surface area contributed by atoms with Crippen LogP contribution in [0, 0.1) is 0 Å². The number of hydrogen-bond donors (Lipinski definition) is 4. The highest BCUT2D eigenvalue weighted by atomic mass is 16.3. The van der Waals surface area contributed by atoms with Gasteiger partial charge in [-0.25, -0.2) is 5.01 Å². The molecule has 4 N–H and O–H groups in total. The lowest BCUT2D eigenvalue weighted by Gasteiger charge is -2.31. The van der Waals surface area contributed by atoms with Gasteiger partial charge in [0.05, 0.1) is 12.2 Å². The molecular weight excluding hydrogens is 218 g/mol. The predicted molar refractivity (Wildman–Crippen MR) is 68.6 cm³/mol. The van der Waals surface area contributed by atoms with Crippen molar-refractivity contribution < 1.29 is 10.2 Å². The van der Waals surface area contributed by atoms with E-state index in [1.807, 2.05) is 0 Å². The van der Waals surface area contributed by atoms with Gasteiger partial charge in [0.15, 0.2) is 0 Å². The van der Waals surface area contributed by atoms with Crippen molar-refractivity contribution in [1.82, 2.24) is 15.8 Å². The number of aliphatic hydroxyl groups is 2. The molecule has 0 amide bonds. The third-order valence-electron chi connectivity index (χ3n) is 2.88. The van der Waals surface area contributed by atoms with Crippen molar-refractivity contribution in [3.8, 4) is 0 Å². The van der Waals surface area contributed by atoms with E-state index in [1.54, 1.807) is 0 Å². The SMILES string of the molecule is CC(C)(C)NCC(O)CNN1CCC(O)CC1. The van der Waals surface area contributed by atoms with E-state index in [-0.39, 0.29) is 17.7 Å². The van der Waals surface area contributed by atoms with Gasteiger partial charge >= 0.3 is 0 Å². The van der Waals surface area contributed by atoms with Gasteiger partial charge in [0.25, 0.3) is 0 Å². The molecule has 1 aliphatic rings. The van der Waals surface area contributed by atoms with Gasteiger partial charge in [-0.2, -0.15) is 0 Å². The van der Waals surface area contributed by atoms with Crippen LogP contribution in [-0.4, -0.2) is 59.1 Å². The third-order valence-corrected chi connectivity index (χ3v) is 2.88. The van der Waals surface area contributed by atoms with E-state index >= 15 is 0 Å². The van der Waals surface area contributed by atoms with Gasteiger partial charge in [-0.05, 0) is 33.6 Å². The minimum absolute atomic E-state index is 0.0379. The lowest BCUT2D eigenvalue weighted by atomic mass is 10.1. The summed E-state index contributed by atoms with van der Waals surface area (Å²) in [6, 6.07) is 0. The van der Waals surface area contributed by atoms with Crippen molar-refractivity contribution in [2.45, 2.75) is 51.4 Å². The molecule has 1 rings (SSSR count). The van der Waals surface area contributed by atoms with E-state index in [0.29, 0.717) is 13.1 Å². The van der Waals surface area contributed by atoms with Crippen molar-refractivity contribution in [2.75, 3.05) is 26.2 Å². The number of aliphatic hydroxyl groups excluding tert-OH is 2. The van der Waals surface area contributed by atoms with Crippen molar-refractivity contribution in [3.05, 3.63) is 0 Å². The Morgan fingerprint density at radius 1 is 1.24 bits per heavy atom. The smallest absolute Gasteiger partial charge is 0.0802 e. The van der Waals surface area contributed by atoms with Gasteiger partial charge in [-0.15, -0.1) is 0 Å². The highest BCUT2D eigenvalue weighted by Gasteiger charge is 2.17. The zero-order chi connectivity index (χ0) is 12.9. The molecule has 5 nitrogen and oxygen atoms in total. The molecule has 0 radical (unpaired) electrons. The molecule has 1 aliphatic heterocycles. The summed E-state index contributed by atoms with van der Waals surface area (Å²) in [4.78, 5) is 0. The zero-order valence-electron chi connectivity index (χ0n) is 11.2. The molecule has 1 unspecified atom stereocenters. The van der Waals surface area contributed by atoms with Gasteiger partial charge < -0.3 is 15.5 Å². The van der Waals surface area contributed by atoms with Crippen LogP contribution < -0.4 is 10.7 Å². The first-order chi connectivity index (χ1) is 7.87. The zero-order valence-corrected chi connectivity index (χ0v) is 11.2. The summed E-state index contributed by atoms with van der Waals surface area (Å²) in [5, 5.41) is 24.5. The fourth-order valence-electron chi connectivity index (χ4n) is 1.75. The molecule has 102 valence electrons. The summed E-state index contributed by atoms with van der Waals surface area (Å²) in [6.45, 7) is 9.09. The molecule has 0 spiro atoms. The summed E-state index contributed by atoms with van der Waals surface area (Å²) in [5.41, 5.74) is 3.25. The van der Waals surface area contributed by atoms with Gasteiger partial charge in [-0.3, -0.25) is 5.43 Å². The second-order valence-electron chi connectivity index (χ2n) is 5.87. The van der Waals surface area contributed by atoms with Crippen molar-refractivity contribution in [3.63, 3.8) is 0 Å². The van der Waals surface area contributed by atoms with E-state index in [0.717, 1.165) is 25.9 Å². The average Bonchev–Trinajstić information content (AvgIpc) is 2.25. The molecule has 1 fully saturated rings. The quantitative estimate of drug-likeness (QED) is 0.535. The number of hydrazine groups is 1. The van der Waals surface area contributed by atoms with E-state index in [2.05, 4.69) is 36.5 Å².